The number of amides is 2. The molecular weight excluding hydrogens is 476 g/mol. The van der Waals surface area contributed by atoms with Crippen molar-refractivity contribution in [3.05, 3.63) is 23.8 Å². The van der Waals surface area contributed by atoms with Crippen LogP contribution in [0.1, 0.15) is 54.4 Å². The fraction of sp³-hybridized carbons (Fsp3) is 0.593. The third-order valence-corrected chi connectivity index (χ3v) is 10.5. The second-order valence-corrected chi connectivity index (χ2v) is 16.0. The molecule has 2 atom stereocenters. The van der Waals surface area contributed by atoms with Crippen LogP contribution in [-0.4, -0.2) is 56.7 Å². The van der Waals surface area contributed by atoms with Crippen LogP contribution < -0.4 is 10.6 Å². The van der Waals surface area contributed by atoms with Crippen molar-refractivity contribution in [2.24, 2.45) is 0 Å². The first-order valence-electron chi connectivity index (χ1n) is 12.1. The molecule has 0 aromatic carbocycles. The SMILES string of the molecule is CC(C)(C)OC(=O)NCCNC(=O)OC1C#CC=CC#CC2(O[Si](C)(C)C(C)(C)C)CCC=C1C2=O. The molecule has 2 N–H and O–H groups in total. The Bertz CT molecular complexity index is 1060. The largest absolute Gasteiger partial charge is 0.444 e. The summed E-state index contributed by atoms with van der Waals surface area (Å²) in [5, 5.41) is 4.98. The summed E-state index contributed by atoms with van der Waals surface area (Å²) in [5.41, 5.74) is -1.67. The Morgan fingerprint density at radius 1 is 1.06 bits per heavy atom. The average Bonchev–Trinajstić information content (AvgIpc) is 2.72. The molecule has 2 bridgehead atoms. The molecule has 2 rings (SSSR count). The highest BCUT2D eigenvalue weighted by atomic mass is 28.4. The number of ether oxygens (including phenoxy) is 2. The van der Waals surface area contributed by atoms with E-state index < -0.39 is 37.8 Å². The number of carbonyl (C=O) groups is 3. The zero-order chi connectivity index (χ0) is 27.2. The van der Waals surface area contributed by atoms with Gasteiger partial charge in [-0.05, 0) is 69.8 Å². The molecule has 0 saturated heterocycles. The minimum Gasteiger partial charge on any atom is -0.444 e. The number of allylic oxidation sites excluding steroid dienone is 3. The van der Waals surface area contributed by atoms with E-state index in [0.717, 1.165) is 0 Å². The van der Waals surface area contributed by atoms with Crippen molar-refractivity contribution in [1.82, 2.24) is 10.6 Å². The zero-order valence-corrected chi connectivity index (χ0v) is 23.6. The number of hydrogen-bond acceptors (Lipinski definition) is 6. The molecule has 0 aliphatic heterocycles. The Morgan fingerprint density at radius 2 is 1.67 bits per heavy atom. The van der Waals surface area contributed by atoms with Gasteiger partial charge >= 0.3 is 12.2 Å². The quantitative estimate of drug-likeness (QED) is 0.312. The predicted octanol–water partition coefficient (Wildman–Crippen LogP) is 4.23. The summed E-state index contributed by atoms with van der Waals surface area (Å²) < 4.78 is 17.3. The minimum atomic E-state index is -2.37. The molecular formula is C27H38N2O6Si. The Kier molecular flexibility index (Phi) is 9.22. The topological polar surface area (TPSA) is 103 Å². The number of fused-ring (bicyclic) bond motifs is 2. The van der Waals surface area contributed by atoms with Gasteiger partial charge in [0, 0.05) is 18.7 Å². The molecule has 2 aliphatic carbocycles. The first-order valence-corrected chi connectivity index (χ1v) is 15.0. The summed E-state index contributed by atoms with van der Waals surface area (Å²) in [6.45, 7) is 16.0. The van der Waals surface area contributed by atoms with Crippen LogP contribution in [-0.2, 0) is 18.7 Å². The lowest BCUT2D eigenvalue weighted by molar-refractivity contribution is -0.128. The molecule has 36 heavy (non-hydrogen) atoms. The molecule has 0 radical (unpaired) electrons. The van der Waals surface area contributed by atoms with Gasteiger partial charge in [0.05, 0.1) is 0 Å². The van der Waals surface area contributed by atoms with Crippen molar-refractivity contribution in [2.45, 2.75) is 89.8 Å². The normalized spacial score (nSPS) is 21.6. The molecule has 0 aromatic heterocycles. The number of carbonyl (C=O) groups excluding carboxylic acids is 3. The van der Waals surface area contributed by atoms with Crippen LogP contribution in [0.15, 0.2) is 23.8 Å². The number of nitrogens with one attached hydrogen (secondary N) is 2. The second kappa shape index (κ2) is 11.4. The molecule has 9 heteroatoms. The molecule has 2 aliphatic rings. The zero-order valence-electron chi connectivity index (χ0n) is 22.6. The molecule has 0 spiro atoms. The van der Waals surface area contributed by atoms with Gasteiger partial charge in [-0.3, -0.25) is 4.79 Å². The lowest BCUT2D eigenvalue weighted by Gasteiger charge is -2.44. The molecule has 0 aromatic rings. The van der Waals surface area contributed by atoms with E-state index >= 15 is 0 Å². The van der Waals surface area contributed by atoms with E-state index in [0.29, 0.717) is 12.8 Å². The summed E-state index contributed by atoms with van der Waals surface area (Å²) in [6.07, 6.45) is 3.41. The van der Waals surface area contributed by atoms with Gasteiger partial charge in [-0.25, -0.2) is 9.59 Å². The van der Waals surface area contributed by atoms with Crippen molar-refractivity contribution >= 4 is 26.3 Å². The smallest absolute Gasteiger partial charge is 0.408 e. The molecule has 0 saturated carbocycles. The maximum atomic E-state index is 13.8. The minimum absolute atomic E-state index is 0.106. The Hall–Kier alpha value is -3.01. The highest BCUT2D eigenvalue weighted by Gasteiger charge is 2.50. The van der Waals surface area contributed by atoms with Crippen LogP contribution in [0, 0.1) is 23.7 Å². The fourth-order valence-corrected chi connectivity index (χ4v) is 4.68. The van der Waals surface area contributed by atoms with Gasteiger partial charge in [-0.15, -0.1) is 0 Å². The van der Waals surface area contributed by atoms with Crippen LogP contribution in [0.5, 0.6) is 0 Å². The Labute approximate surface area is 215 Å². The van der Waals surface area contributed by atoms with E-state index in [4.69, 9.17) is 13.9 Å². The van der Waals surface area contributed by atoms with Gasteiger partial charge in [0.15, 0.2) is 20.0 Å². The number of hydrogen-bond donors (Lipinski definition) is 2. The van der Waals surface area contributed by atoms with Crippen molar-refractivity contribution in [3.63, 3.8) is 0 Å². The number of ketones is 1. The average molecular weight is 515 g/mol. The molecule has 0 fully saturated rings. The van der Waals surface area contributed by atoms with Crippen LogP contribution in [0.25, 0.3) is 0 Å². The lowest BCUT2D eigenvalue weighted by atomic mass is 9.81. The van der Waals surface area contributed by atoms with Gasteiger partial charge in [0.25, 0.3) is 0 Å². The highest BCUT2D eigenvalue weighted by Crippen LogP contribution is 2.42. The third kappa shape index (κ3) is 8.01. The van der Waals surface area contributed by atoms with E-state index in [2.05, 4.69) is 68.2 Å². The van der Waals surface area contributed by atoms with Gasteiger partial charge < -0.3 is 24.5 Å². The van der Waals surface area contributed by atoms with E-state index in [1.165, 1.54) is 0 Å². The summed E-state index contributed by atoms with van der Waals surface area (Å²) in [4.78, 5) is 38.0. The van der Waals surface area contributed by atoms with E-state index in [9.17, 15) is 14.4 Å². The molecule has 196 valence electrons. The summed E-state index contributed by atoms with van der Waals surface area (Å²) in [7, 11) is -2.37. The summed E-state index contributed by atoms with van der Waals surface area (Å²) in [6, 6.07) is 0. The third-order valence-electron chi connectivity index (χ3n) is 6.03. The number of rotatable bonds is 6. The van der Waals surface area contributed by atoms with Gasteiger partial charge in [0.1, 0.15) is 5.60 Å². The standard InChI is InChI=1S/C27H38N2O6Si/c1-25(2,3)34-24(32)29-19-18-28-23(31)33-21-15-11-9-10-12-16-27(17-13-14-20(21)22(27)30)35-36(7,8)26(4,5)6/h9-10,14,21H,13,17-19H2,1-8H3,(H,28,31)(H,29,32). The van der Waals surface area contributed by atoms with Crippen molar-refractivity contribution < 1.29 is 28.3 Å². The molecule has 8 nitrogen and oxygen atoms in total. The lowest BCUT2D eigenvalue weighted by Crippen LogP contribution is -2.55. The Morgan fingerprint density at radius 3 is 2.28 bits per heavy atom. The first kappa shape index (κ1) is 29.2. The van der Waals surface area contributed by atoms with Crippen molar-refractivity contribution in [2.75, 3.05) is 13.1 Å². The van der Waals surface area contributed by atoms with Gasteiger partial charge in [-0.1, -0.05) is 44.6 Å². The second-order valence-electron chi connectivity index (χ2n) is 11.2. The van der Waals surface area contributed by atoms with Crippen LogP contribution >= 0.6 is 0 Å². The van der Waals surface area contributed by atoms with Crippen molar-refractivity contribution in [3.8, 4) is 23.7 Å². The first-order chi connectivity index (χ1) is 16.6. The van der Waals surface area contributed by atoms with Crippen LogP contribution in [0.4, 0.5) is 9.59 Å². The molecule has 2 amide bonds. The maximum Gasteiger partial charge on any atom is 0.408 e. The van der Waals surface area contributed by atoms with Crippen LogP contribution in [0.3, 0.4) is 0 Å². The number of Topliss-reactive ketones (excluding diaryl/α,β-unsaturated/α-hetero) is 1. The summed E-state index contributed by atoms with van der Waals surface area (Å²) >= 11 is 0. The monoisotopic (exact) mass is 514 g/mol. The van der Waals surface area contributed by atoms with Crippen LogP contribution in [0.2, 0.25) is 18.1 Å². The fourth-order valence-electron chi connectivity index (χ4n) is 3.26. The van der Waals surface area contributed by atoms with Crippen molar-refractivity contribution in [1.29, 1.82) is 0 Å². The van der Waals surface area contributed by atoms with E-state index in [1.54, 1.807) is 39.0 Å². The van der Waals surface area contributed by atoms with E-state index in [-0.39, 0.29) is 29.5 Å². The molecule has 2 unspecified atom stereocenters. The van der Waals surface area contributed by atoms with Gasteiger partial charge in [0.2, 0.25) is 5.78 Å². The predicted molar refractivity (Wildman–Crippen MR) is 141 cm³/mol. The maximum absolute atomic E-state index is 13.8. The summed E-state index contributed by atoms with van der Waals surface area (Å²) in [5.74, 6) is 11.3. The Balaban J connectivity index is 2.13. The van der Waals surface area contributed by atoms with E-state index in [1.807, 2.05) is 0 Å². The van der Waals surface area contributed by atoms with Gasteiger partial charge in [-0.2, -0.15) is 0 Å². The number of alkyl carbamates (subject to hydrolysis) is 2. The highest BCUT2D eigenvalue weighted by molar-refractivity contribution is 6.74. The molecule has 0 heterocycles.